The second kappa shape index (κ2) is 6.91. The van der Waals surface area contributed by atoms with E-state index in [0.29, 0.717) is 11.1 Å². The third-order valence-corrected chi connectivity index (χ3v) is 2.02. The van der Waals surface area contributed by atoms with Gasteiger partial charge in [0.2, 0.25) is 0 Å². The number of methoxy groups -OCH3 is 1. The van der Waals surface area contributed by atoms with Crippen molar-refractivity contribution in [2.24, 2.45) is 0 Å². The highest BCUT2D eigenvalue weighted by atomic mass is 79.9. The standard InChI is InChI=1S/C12H11BrO3/c1-15-12(14)9-16-11-6-4-10(5-7-11)3-2-8-13/h4-7H,8-9H2,1H3. The first kappa shape index (κ1) is 12.6. The number of halogens is 1. The first-order chi connectivity index (χ1) is 7.76. The summed E-state index contributed by atoms with van der Waals surface area (Å²) in [5.74, 6) is 6.07. The highest BCUT2D eigenvalue weighted by Crippen LogP contribution is 2.11. The summed E-state index contributed by atoms with van der Waals surface area (Å²) in [7, 11) is 1.32. The van der Waals surface area contributed by atoms with Crippen molar-refractivity contribution < 1.29 is 14.3 Å². The van der Waals surface area contributed by atoms with Gasteiger partial charge in [0, 0.05) is 5.56 Å². The van der Waals surface area contributed by atoms with Crippen LogP contribution in [0, 0.1) is 11.8 Å². The van der Waals surface area contributed by atoms with E-state index in [9.17, 15) is 4.79 Å². The zero-order valence-corrected chi connectivity index (χ0v) is 10.4. The number of carbonyl (C=O) groups is 1. The smallest absolute Gasteiger partial charge is 0.343 e. The van der Waals surface area contributed by atoms with Crippen molar-refractivity contribution in [3.05, 3.63) is 29.8 Å². The largest absolute Gasteiger partial charge is 0.482 e. The highest BCUT2D eigenvalue weighted by molar-refractivity contribution is 9.09. The lowest BCUT2D eigenvalue weighted by atomic mass is 10.2. The van der Waals surface area contributed by atoms with Crippen molar-refractivity contribution in [2.75, 3.05) is 19.0 Å². The summed E-state index contributed by atoms with van der Waals surface area (Å²) in [6.45, 7) is -0.0804. The lowest BCUT2D eigenvalue weighted by Gasteiger charge is -2.03. The van der Waals surface area contributed by atoms with Crippen molar-refractivity contribution in [3.63, 3.8) is 0 Å². The van der Waals surface area contributed by atoms with Gasteiger partial charge in [-0.2, -0.15) is 0 Å². The maximum atomic E-state index is 10.8. The predicted molar refractivity (Wildman–Crippen MR) is 64.6 cm³/mol. The molecule has 0 radical (unpaired) electrons. The van der Waals surface area contributed by atoms with Crippen molar-refractivity contribution in [3.8, 4) is 17.6 Å². The van der Waals surface area contributed by atoms with Crippen LogP contribution in [-0.4, -0.2) is 25.0 Å². The first-order valence-corrected chi connectivity index (χ1v) is 5.73. The fourth-order valence-corrected chi connectivity index (χ4v) is 1.11. The number of esters is 1. The lowest BCUT2D eigenvalue weighted by molar-refractivity contribution is -0.142. The zero-order valence-electron chi connectivity index (χ0n) is 8.83. The average molecular weight is 283 g/mol. The van der Waals surface area contributed by atoms with Crippen LogP contribution in [0.4, 0.5) is 0 Å². The molecule has 4 heteroatoms. The molecule has 0 bridgehead atoms. The number of hydrogen-bond acceptors (Lipinski definition) is 3. The van der Waals surface area contributed by atoms with E-state index in [2.05, 4.69) is 32.5 Å². The van der Waals surface area contributed by atoms with Gasteiger partial charge in [-0.1, -0.05) is 27.8 Å². The van der Waals surface area contributed by atoms with Gasteiger partial charge in [-0.15, -0.1) is 0 Å². The number of carbonyl (C=O) groups excluding carboxylic acids is 1. The zero-order chi connectivity index (χ0) is 11.8. The Balaban J connectivity index is 2.54. The van der Waals surface area contributed by atoms with Gasteiger partial charge in [0.1, 0.15) is 5.75 Å². The van der Waals surface area contributed by atoms with Crippen LogP contribution in [0.3, 0.4) is 0 Å². The number of rotatable bonds is 3. The number of hydrogen-bond donors (Lipinski definition) is 0. The maximum absolute atomic E-state index is 10.8. The molecular formula is C12H11BrO3. The average Bonchev–Trinajstić information content (AvgIpc) is 2.34. The summed E-state index contributed by atoms with van der Waals surface area (Å²) in [6.07, 6.45) is 0. The normalized spacial score (nSPS) is 8.88. The third kappa shape index (κ3) is 4.37. The van der Waals surface area contributed by atoms with E-state index in [4.69, 9.17) is 4.74 Å². The van der Waals surface area contributed by atoms with E-state index in [1.54, 1.807) is 12.1 Å². The molecule has 0 saturated heterocycles. The van der Waals surface area contributed by atoms with Crippen LogP contribution in [0.15, 0.2) is 24.3 Å². The van der Waals surface area contributed by atoms with Crippen LogP contribution in [0.25, 0.3) is 0 Å². The molecule has 0 unspecified atom stereocenters. The molecule has 1 aromatic rings. The molecule has 1 aromatic carbocycles. The van der Waals surface area contributed by atoms with Crippen molar-refractivity contribution in [2.45, 2.75) is 0 Å². The van der Waals surface area contributed by atoms with Crippen LogP contribution in [0.5, 0.6) is 5.75 Å². The molecule has 0 aliphatic rings. The van der Waals surface area contributed by atoms with E-state index < -0.39 is 5.97 Å². The molecular weight excluding hydrogens is 272 g/mol. The third-order valence-electron chi connectivity index (χ3n) is 1.74. The van der Waals surface area contributed by atoms with E-state index in [-0.39, 0.29) is 6.61 Å². The Morgan fingerprint density at radius 2 is 2.06 bits per heavy atom. The van der Waals surface area contributed by atoms with Gasteiger partial charge in [0.05, 0.1) is 12.4 Å². The van der Waals surface area contributed by atoms with Gasteiger partial charge in [-0.3, -0.25) is 0 Å². The molecule has 0 atom stereocenters. The van der Waals surface area contributed by atoms with Gasteiger partial charge in [-0.05, 0) is 24.3 Å². The Hall–Kier alpha value is -1.47. The highest BCUT2D eigenvalue weighted by Gasteiger charge is 2.00. The van der Waals surface area contributed by atoms with Gasteiger partial charge < -0.3 is 9.47 Å². The Bertz CT molecular complexity index is 401. The summed E-state index contributed by atoms with van der Waals surface area (Å²) in [4.78, 5) is 10.8. The monoisotopic (exact) mass is 282 g/mol. The molecule has 0 amide bonds. The summed E-state index contributed by atoms with van der Waals surface area (Å²) in [6, 6.07) is 7.20. The number of alkyl halides is 1. The maximum Gasteiger partial charge on any atom is 0.343 e. The Morgan fingerprint density at radius 1 is 1.38 bits per heavy atom. The van der Waals surface area contributed by atoms with E-state index >= 15 is 0 Å². The Labute approximate surface area is 103 Å². The SMILES string of the molecule is COC(=O)COc1ccc(C#CCBr)cc1. The molecule has 1 rings (SSSR count). The Morgan fingerprint density at radius 3 is 2.62 bits per heavy atom. The van der Waals surface area contributed by atoms with Gasteiger partial charge in [0.15, 0.2) is 6.61 Å². The van der Waals surface area contributed by atoms with Crippen molar-refractivity contribution >= 4 is 21.9 Å². The summed E-state index contributed by atoms with van der Waals surface area (Å²) >= 11 is 3.22. The van der Waals surface area contributed by atoms with Gasteiger partial charge in [0.25, 0.3) is 0 Å². The molecule has 0 N–H and O–H groups in total. The first-order valence-electron chi connectivity index (χ1n) is 4.61. The van der Waals surface area contributed by atoms with Crippen LogP contribution in [-0.2, 0) is 9.53 Å². The summed E-state index contributed by atoms with van der Waals surface area (Å²) in [5, 5.41) is 0.646. The Kier molecular flexibility index (Phi) is 5.44. The summed E-state index contributed by atoms with van der Waals surface area (Å²) < 4.78 is 9.64. The van der Waals surface area contributed by atoms with Crippen molar-refractivity contribution in [1.82, 2.24) is 0 Å². The van der Waals surface area contributed by atoms with Crippen LogP contribution in [0.2, 0.25) is 0 Å². The molecule has 0 spiro atoms. The second-order valence-corrected chi connectivity index (χ2v) is 3.39. The summed E-state index contributed by atoms with van der Waals surface area (Å²) in [5.41, 5.74) is 0.907. The van der Waals surface area contributed by atoms with E-state index in [1.165, 1.54) is 7.11 Å². The molecule has 0 aliphatic carbocycles. The fraction of sp³-hybridized carbons (Fsp3) is 0.250. The number of benzene rings is 1. The predicted octanol–water partition coefficient (Wildman–Crippen LogP) is 1.98. The van der Waals surface area contributed by atoms with Crippen LogP contribution < -0.4 is 4.74 Å². The molecule has 0 aromatic heterocycles. The molecule has 0 aliphatic heterocycles. The topological polar surface area (TPSA) is 35.5 Å². The second-order valence-electron chi connectivity index (χ2n) is 2.82. The van der Waals surface area contributed by atoms with Crippen LogP contribution in [0.1, 0.15) is 5.56 Å². The minimum Gasteiger partial charge on any atom is -0.482 e. The molecule has 0 saturated carbocycles. The lowest BCUT2D eigenvalue weighted by Crippen LogP contribution is -2.12. The quantitative estimate of drug-likeness (QED) is 0.483. The van der Waals surface area contributed by atoms with Crippen molar-refractivity contribution in [1.29, 1.82) is 0 Å². The molecule has 16 heavy (non-hydrogen) atoms. The minimum atomic E-state index is -0.400. The van der Waals surface area contributed by atoms with Gasteiger partial charge in [-0.25, -0.2) is 4.79 Å². The van der Waals surface area contributed by atoms with Crippen LogP contribution >= 0.6 is 15.9 Å². The molecule has 84 valence electrons. The van der Waals surface area contributed by atoms with Gasteiger partial charge >= 0.3 is 5.97 Å². The van der Waals surface area contributed by atoms with E-state index in [0.717, 1.165) is 5.56 Å². The molecule has 0 heterocycles. The minimum absolute atomic E-state index is 0.0804. The van der Waals surface area contributed by atoms with E-state index in [1.807, 2.05) is 12.1 Å². The fourth-order valence-electron chi connectivity index (χ4n) is 0.971. The molecule has 3 nitrogen and oxygen atoms in total. The molecule has 0 fully saturated rings. The number of ether oxygens (including phenoxy) is 2.